The maximum Gasteiger partial charge on any atom is 0.308 e. The smallest absolute Gasteiger partial charge is 0.308 e. The maximum atomic E-state index is 12.3. The van der Waals surface area contributed by atoms with Crippen molar-refractivity contribution < 1.29 is 23.8 Å². The average Bonchev–Trinajstić information content (AvgIpc) is 2.95. The molecule has 2 aromatic rings. The number of benzene rings is 1. The van der Waals surface area contributed by atoms with E-state index in [9.17, 15) is 9.59 Å². The maximum absolute atomic E-state index is 12.3. The molecule has 0 amide bonds. The summed E-state index contributed by atoms with van der Waals surface area (Å²) >= 11 is 1.38. The number of fused-ring (bicyclic) bond motifs is 1. The molecule has 0 fully saturated rings. The zero-order valence-corrected chi connectivity index (χ0v) is 13.8. The van der Waals surface area contributed by atoms with Crippen LogP contribution in [-0.4, -0.2) is 33.1 Å². The molecule has 22 heavy (non-hydrogen) atoms. The van der Waals surface area contributed by atoms with Gasteiger partial charge in [0, 0.05) is 17.2 Å². The van der Waals surface area contributed by atoms with E-state index in [-0.39, 0.29) is 18.2 Å². The molecule has 0 aliphatic rings. The zero-order chi connectivity index (χ0) is 16.3. The van der Waals surface area contributed by atoms with E-state index in [2.05, 4.69) is 4.74 Å². The third-order valence-corrected chi connectivity index (χ3v) is 4.53. The minimum absolute atomic E-state index is 0.0722. The van der Waals surface area contributed by atoms with Crippen LogP contribution in [0, 0.1) is 5.92 Å². The second kappa shape index (κ2) is 6.79. The molecule has 0 bridgehead atoms. The van der Waals surface area contributed by atoms with E-state index in [1.165, 1.54) is 18.4 Å². The molecular formula is C16H18O5S. The Hall–Kier alpha value is -2.08. The van der Waals surface area contributed by atoms with E-state index in [0.717, 1.165) is 10.1 Å². The van der Waals surface area contributed by atoms with Crippen LogP contribution in [0.1, 0.15) is 23.0 Å². The van der Waals surface area contributed by atoms with E-state index in [1.807, 2.05) is 18.2 Å². The third-order valence-electron chi connectivity index (χ3n) is 3.39. The lowest BCUT2D eigenvalue weighted by molar-refractivity contribution is -0.144. The van der Waals surface area contributed by atoms with Crippen molar-refractivity contribution in [3.8, 4) is 11.5 Å². The largest absolute Gasteiger partial charge is 0.493 e. The molecule has 1 aromatic carbocycles. The highest BCUT2D eigenvalue weighted by Gasteiger charge is 2.20. The van der Waals surface area contributed by atoms with Crippen LogP contribution in [-0.2, 0) is 9.53 Å². The Morgan fingerprint density at radius 3 is 2.32 bits per heavy atom. The van der Waals surface area contributed by atoms with Crippen molar-refractivity contribution in [1.29, 1.82) is 0 Å². The fourth-order valence-corrected chi connectivity index (χ4v) is 3.19. The Bertz CT molecular complexity index is 663. The van der Waals surface area contributed by atoms with Gasteiger partial charge in [-0.15, -0.1) is 11.3 Å². The van der Waals surface area contributed by atoms with Gasteiger partial charge in [0.1, 0.15) is 0 Å². The Morgan fingerprint density at radius 2 is 1.73 bits per heavy atom. The monoisotopic (exact) mass is 322 g/mol. The number of esters is 1. The van der Waals surface area contributed by atoms with Gasteiger partial charge < -0.3 is 14.2 Å². The molecule has 0 unspecified atom stereocenters. The predicted octanol–water partition coefficient (Wildman–Crippen LogP) is 3.30. The van der Waals surface area contributed by atoms with E-state index in [4.69, 9.17) is 9.47 Å². The molecule has 0 spiro atoms. The van der Waals surface area contributed by atoms with Gasteiger partial charge in [-0.1, -0.05) is 6.92 Å². The van der Waals surface area contributed by atoms with Gasteiger partial charge in [-0.2, -0.15) is 0 Å². The van der Waals surface area contributed by atoms with Gasteiger partial charge in [-0.3, -0.25) is 9.59 Å². The molecule has 0 aliphatic heterocycles. The van der Waals surface area contributed by atoms with E-state index in [1.54, 1.807) is 21.1 Å². The highest BCUT2D eigenvalue weighted by molar-refractivity contribution is 7.20. The third kappa shape index (κ3) is 3.22. The topological polar surface area (TPSA) is 61.8 Å². The fourth-order valence-electron chi connectivity index (χ4n) is 2.17. The normalized spacial score (nSPS) is 12.0. The molecule has 0 saturated heterocycles. The van der Waals surface area contributed by atoms with Crippen LogP contribution < -0.4 is 9.47 Å². The average molecular weight is 322 g/mol. The summed E-state index contributed by atoms with van der Waals surface area (Å²) in [4.78, 5) is 24.3. The van der Waals surface area contributed by atoms with Crippen LogP contribution in [0.4, 0.5) is 0 Å². The van der Waals surface area contributed by atoms with Gasteiger partial charge in [0.2, 0.25) is 0 Å². The number of methoxy groups -OCH3 is 3. The van der Waals surface area contributed by atoms with Crippen LogP contribution in [0.15, 0.2) is 18.2 Å². The zero-order valence-electron chi connectivity index (χ0n) is 13.0. The predicted molar refractivity (Wildman–Crippen MR) is 85.1 cm³/mol. The van der Waals surface area contributed by atoms with Crippen molar-refractivity contribution in [3.05, 3.63) is 23.1 Å². The highest BCUT2D eigenvalue weighted by atomic mass is 32.1. The summed E-state index contributed by atoms with van der Waals surface area (Å²) < 4.78 is 16.1. The molecule has 5 nitrogen and oxygen atoms in total. The molecule has 6 heteroatoms. The summed E-state index contributed by atoms with van der Waals surface area (Å²) in [6.45, 7) is 1.68. The number of ether oxygens (including phenoxy) is 3. The first-order chi connectivity index (χ1) is 10.5. The Morgan fingerprint density at radius 1 is 1.09 bits per heavy atom. The van der Waals surface area contributed by atoms with Gasteiger partial charge in [0.15, 0.2) is 17.3 Å². The Kier molecular flexibility index (Phi) is 5.03. The van der Waals surface area contributed by atoms with E-state index < -0.39 is 5.92 Å². The lowest BCUT2D eigenvalue weighted by Gasteiger charge is -2.06. The van der Waals surface area contributed by atoms with Crippen molar-refractivity contribution >= 4 is 33.2 Å². The standard InChI is InChI=1S/C16H18O5S/c1-9(16(18)21-4)5-11(17)15-7-10-6-12(19-2)13(20-3)8-14(10)22-15/h6-9H,5H2,1-4H3/t9-/m1/s1. The van der Waals surface area contributed by atoms with Gasteiger partial charge in [-0.05, 0) is 17.5 Å². The number of carbonyl (C=O) groups is 2. The number of carbonyl (C=O) groups excluding carboxylic acids is 2. The number of rotatable bonds is 6. The fraction of sp³-hybridized carbons (Fsp3) is 0.375. The summed E-state index contributed by atoms with van der Waals surface area (Å²) in [5.74, 6) is 0.343. The summed E-state index contributed by atoms with van der Waals surface area (Å²) in [6.07, 6.45) is 0.133. The molecule has 1 atom stereocenters. The summed E-state index contributed by atoms with van der Waals surface area (Å²) in [6, 6.07) is 5.50. The van der Waals surface area contributed by atoms with Crippen molar-refractivity contribution in [2.24, 2.45) is 5.92 Å². The molecular weight excluding hydrogens is 304 g/mol. The molecule has 0 saturated carbocycles. The van der Waals surface area contributed by atoms with Crippen molar-refractivity contribution in [2.75, 3.05) is 21.3 Å². The van der Waals surface area contributed by atoms with Gasteiger partial charge in [0.05, 0.1) is 32.1 Å². The lowest BCUT2D eigenvalue weighted by Crippen LogP contribution is -2.16. The van der Waals surface area contributed by atoms with Crippen LogP contribution in [0.3, 0.4) is 0 Å². The first-order valence-corrected chi connectivity index (χ1v) is 7.58. The second-order valence-corrected chi connectivity index (χ2v) is 5.99. The summed E-state index contributed by atoms with van der Waals surface area (Å²) in [5.41, 5.74) is 0. The SMILES string of the molecule is COC(=O)[C@H](C)CC(=O)c1cc2cc(OC)c(OC)cc2s1. The molecule has 118 valence electrons. The first kappa shape index (κ1) is 16.3. The number of hydrogen-bond acceptors (Lipinski definition) is 6. The van der Waals surface area contributed by atoms with Crippen LogP contribution in [0.5, 0.6) is 11.5 Å². The van der Waals surface area contributed by atoms with Crippen molar-refractivity contribution in [2.45, 2.75) is 13.3 Å². The number of thiophene rings is 1. The number of ketones is 1. The van der Waals surface area contributed by atoms with Gasteiger partial charge in [0.25, 0.3) is 0 Å². The summed E-state index contributed by atoms with van der Waals surface area (Å²) in [7, 11) is 4.46. The van der Waals surface area contributed by atoms with E-state index in [0.29, 0.717) is 16.4 Å². The minimum atomic E-state index is -0.452. The minimum Gasteiger partial charge on any atom is -0.493 e. The molecule has 0 N–H and O–H groups in total. The van der Waals surface area contributed by atoms with Gasteiger partial charge >= 0.3 is 5.97 Å². The van der Waals surface area contributed by atoms with Crippen molar-refractivity contribution in [3.63, 3.8) is 0 Å². The van der Waals surface area contributed by atoms with E-state index >= 15 is 0 Å². The lowest BCUT2D eigenvalue weighted by atomic mass is 10.0. The van der Waals surface area contributed by atoms with Crippen molar-refractivity contribution in [1.82, 2.24) is 0 Å². The van der Waals surface area contributed by atoms with Crippen LogP contribution in [0.2, 0.25) is 0 Å². The second-order valence-electron chi connectivity index (χ2n) is 4.91. The molecule has 1 heterocycles. The van der Waals surface area contributed by atoms with Crippen LogP contribution in [0.25, 0.3) is 10.1 Å². The Labute approximate surface area is 132 Å². The molecule has 2 rings (SSSR count). The molecule has 0 radical (unpaired) electrons. The highest BCUT2D eigenvalue weighted by Crippen LogP contribution is 2.36. The molecule has 0 aliphatic carbocycles. The summed E-state index contributed by atoms with van der Waals surface area (Å²) in [5, 5.41) is 0.914. The van der Waals surface area contributed by atoms with Crippen LogP contribution >= 0.6 is 11.3 Å². The first-order valence-electron chi connectivity index (χ1n) is 6.76. The van der Waals surface area contributed by atoms with Gasteiger partial charge in [-0.25, -0.2) is 0 Å². The molecule has 1 aromatic heterocycles. The Balaban J connectivity index is 2.29. The number of Topliss-reactive ketones (excluding diaryl/α,β-unsaturated/α-hetero) is 1. The number of hydrogen-bond donors (Lipinski definition) is 0. The quantitative estimate of drug-likeness (QED) is 0.603.